The minimum atomic E-state index is -1.19. The Hall–Kier alpha value is -6.21. The van der Waals surface area contributed by atoms with E-state index in [4.69, 9.17) is 26.8 Å². The van der Waals surface area contributed by atoms with Gasteiger partial charge in [-0.15, -0.1) is 0 Å². The predicted octanol–water partition coefficient (Wildman–Crippen LogP) is 9.55. The van der Waals surface area contributed by atoms with Crippen molar-refractivity contribution >= 4 is 46.2 Å². The number of nitrogens with one attached hydrogen (secondary N) is 2. The minimum Gasteiger partial charge on any atom is -0.488 e. The molecule has 1 aromatic heterocycles. The van der Waals surface area contributed by atoms with Crippen molar-refractivity contribution in [1.82, 2.24) is 30.2 Å². The standard InChI is InChI=1S/C58H65ClF4N8O6/c1-34-45-43(31-41(61)49(59)48(45)47-38(53(64)74)8-9-42(50(47)62)76-29-28-72)77-58(34,37-6-4-3-5-7-37)21-22-65-57-18-15-56(16-19-57,17-20-57)33-70-23-10-35(11-24-70)32-69-25-12-36(13-26-69)46-40(60)30-39-52(51(46)63)68(2)67-54(39)71-27-14-44(73)66-55(71)75/h3-9,21-22,30-31,34-36,65,72H,10-20,23-29,32-33H2,1-2H3,(H2,64,74)(H,66,73,75)/b22-21-/t34-,56?,57?,58-/m0/s1. The molecule has 0 radical (unpaired) electrons. The fourth-order valence-electron chi connectivity index (χ4n) is 13.7. The van der Waals surface area contributed by atoms with Crippen LogP contribution in [-0.4, -0.2) is 107 Å². The van der Waals surface area contributed by atoms with Crippen molar-refractivity contribution in [2.75, 3.05) is 63.9 Å². The number of benzene rings is 4. The van der Waals surface area contributed by atoms with Crippen LogP contribution in [0.2, 0.25) is 5.02 Å². The number of nitrogens with zero attached hydrogens (tertiary/aromatic N) is 5. The lowest BCUT2D eigenvalue weighted by molar-refractivity contribution is -0.120. The number of amides is 4. The largest absolute Gasteiger partial charge is 0.488 e. The van der Waals surface area contributed by atoms with Crippen molar-refractivity contribution in [3.63, 3.8) is 0 Å². The first-order valence-electron chi connectivity index (χ1n) is 27.0. The molecule has 5 aromatic rings. The second-order valence-corrected chi connectivity index (χ2v) is 22.8. The summed E-state index contributed by atoms with van der Waals surface area (Å²) >= 11 is 6.75. The number of likely N-dealkylation sites (tertiary alicyclic amines) is 2. The zero-order chi connectivity index (χ0) is 54.0. The first kappa shape index (κ1) is 52.8. The van der Waals surface area contributed by atoms with Gasteiger partial charge in [0.05, 0.1) is 22.6 Å². The highest BCUT2D eigenvalue weighted by Gasteiger charge is 2.51. The molecule has 3 aliphatic carbocycles. The number of rotatable bonds is 15. The van der Waals surface area contributed by atoms with Gasteiger partial charge in [0, 0.05) is 72.9 Å². The fourth-order valence-corrected chi connectivity index (χ4v) is 14.0. The average molecular weight is 1080 g/mol. The van der Waals surface area contributed by atoms with Crippen molar-refractivity contribution in [3.05, 3.63) is 117 Å². The highest BCUT2D eigenvalue weighted by molar-refractivity contribution is 6.34. The Labute approximate surface area is 449 Å². The topological polar surface area (TPSA) is 168 Å². The molecule has 19 heteroatoms. The number of urea groups is 1. The summed E-state index contributed by atoms with van der Waals surface area (Å²) < 4.78 is 78.2. The third kappa shape index (κ3) is 9.60. The molecule has 14 nitrogen and oxygen atoms in total. The lowest BCUT2D eigenvalue weighted by Gasteiger charge is -2.55. The number of hydrogen-bond donors (Lipinski definition) is 4. The number of nitrogens with two attached hydrogens (primary N) is 1. The molecule has 2 bridgehead atoms. The molecule has 4 aliphatic heterocycles. The maximum absolute atomic E-state index is 16.5. The molecule has 6 fully saturated rings. The van der Waals surface area contributed by atoms with Crippen LogP contribution in [0.5, 0.6) is 11.5 Å². The number of aromatic nitrogens is 2. The molecular weight excluding hydrogens is 1020 g/mol. The van der Waals surface area contributed by atoms with Gasteiger partial charge >= 0.3 is 6.03 Å². The Kier molecular flexibility index (Phi) is 14.3. The van der Waals surface area contributed by atoms with Gasteiger partial charge in [-0.3, -0.25) is 24.5 Å². The Morgan fingerprint density at radius 1 is 0.909 bits per heavy atom. The summed E-state index contributed by atoms with van der Waals surface area (Å²) in [5.41, 5.74) is 5.59. The van der Waals surface area contributed by atoms with Crippen LogP contribution >= 0.6 is 11.6 Å². The molecule has 5 N–H and O–H groups in total. The van der Waals surface area contributed by atoms with Crippen LogP contribution in [-0.2, 0) is 17.4 Å². The number of piperidine rings is 2. The van der Waals surface area contributed by atoms with Crippen LogP contribution in [0.15, 0.2) is 66.9 Å². The van der Waals surface area contributed by atoms with E-state index in [1.165, 1.54) is 33.8 Å². The van der Waals surface area contributed by atoms with Gasteiger partial charge in [0.15, 0.2) is 28.8 Å². The normalized spacial score (nSPS) is 25.4. The number of anilines is 1. The van der Waals surface area contributed by atoms with Crippen molar-refractivity contribution in [1.29, 1.82) is 0 Å². The highest BCUT2D eigenvalue weighted by atomic mass is 35.5. The molecule has 0 spiro atoms. The molecule has 0 unspecified atom stereocenters. The summed E-state index contributed by atoms with van der Waals surface area (Å²) in [7, 11) is 1.58. The third-order valence-corrected chi connectivity index (χ3v) is 18.4. The number of hydrogen-bond acceptors (Lipinski definition) is 10. The number of fused-ring (bicyclic) bond motifs is 5. The van der Waals surface area contributed by atoms with Gasteiger partial charge in [-0.1, -0.05) is 48.9 Å². The number of aliphatic hydroxyl groups excluding tert-OH is 1. The number of imide groups is 1. The van der Waals surface area contributed by atoms with Gasteiger partial charge in [0.1, 0.15) is 29.5 Å². The monoisotopic (exact) mass is 1080 g/mol. The van der Waals surface area contributed by atoms with Gasteiger partial charge < -0.3 is 35.4 Å². The molecule has 4 aromatic carbocycles. The molecule has 4 amide bonds. The summed E-state index contributed by atoms with van der Waals surface area (Å²) in [5, 5.41) is 19.7. The van der Waals surface area contributed by atoms with Crippen LogP contribution in [0.1, 0.15) is 116 Å². The van der Waals surface area contributed by atoms with Crippen molar-refractivity contribution in [3.8, 4) is 22.6 Å². The van der Waals surface area contributed by atoms with Gasteiger partial charge in [-0.2, -0.15) is 5.10 Å². The summed E-state index contributed by atoms with van der Waals surface area (Å²) in [5.74, 6) is -4.71. The van der Waals surface area contributed by atoms with Crippen molar-refractivity contribution in [2.24, 2.45) is 24.1 Å². The molecule has 5 heterocycles. The quantitative estimate of drug-likeness (QED) is 0.0742. The molecule has 12 rings (SSSR count). The summed E-state index contributed by atoms with van der Waals surface area (Å²) in [6, 6.07) is 14.0. The molecule has 7 aliphatic rings. The number of aryl methyl sites for hydroxylation is 1. The van der Waals surface area contributed by atoms with Crippen molar-refractivity contribution < 1.29 is 46.5 Å². The second-order valence-electron chi connectivity index (χ2n) is 22.4. The Morgan fingerprint density at radius 3 is 2.29 bits per heavy atom. The second kappa shape index (κ2) is 20.9. The van der Waals surface area contributed by atoms with Gasteiger partial charge in [0.2, 0.25) is 11.8 Å². The van der Waals surface area contributed by atoms with E-state index < -0.39 is 57.7 Å². The molecular formula is C58H65ClF4N8O6. The maximum atomic E-state index is 16.5. The van der Waals surface area contributed by atoms with Gasteiger partial charge in [0.25, 0.3) is 0 Å². The maximum Gasteiger partial charge on any atom is 0.329 e. The van der Waals surface area contributed by atoms with E-state index in [-0.39, 0.29) is 93.5 Å². The predicted molar refractivity (Wildman–Crippen MR) is 284 cm³/mol. The van der Waals surface area contributed by atoms with Crippen LogP contribution in [0.4, 0.5) is 28.2 Å². The van der Waals surface area contributed by atoms with Crippen LogP contribution in [0.3, 0.4) is 0 Å². The molecule has 408 valence electrons. The molecule has 3 saturated heterocycles. The number of primary amides is 1. The van der Waals surface area contributed by atoms with E-state index in [2.05, 4.69) is 25.5 Å². The zero-order valence-electron chi connectivity index (χ0n) is 43.4. The van der Waals surface area contributed by atoms with E-state index in [0.29, 0.717) is 24.3 Å². The first-order valence-corrected chi connectivity index (χ1v) is 27.4. The van der Waals surface area contributed by atoms with Crippen LogP contribution in [0, 0.1) is 34.6 Å². The number of ether oxygens (including phenoxy) is 2. The number of carbonyl (C=O) groups is 3. The summed E-state index contributed by atoms with van der Waals surface area (Å²) in [6.45, 7) is 7.07. The first-order chi connectivity index (χ1) is 37.0. The van der Waals surface area contributed by atoms with E-state index in [1.807, 2.05) is 49.5 Å². The Bertz CT molecular complexity index is 3140. The smallest absolute Gasteiger partial charge is 0.329 e. The summed E-state index contributed by atoms with van der Waals surface area (Å²) in [4.78, 5) is 43.5. The number of halogens is 5. The van der Waals surface area contributed by atoms with Gasteiger partial charge in [-0.25, -0.2) is 22.4 Å². The fraction of sp³-hybridized carbons (Fsp3) is 0.483. The lowest BCUT2D eigenvalue weighted by Crippen LogP contribution is -2.56. The van der Waals surface area contributed by atoms with E-state index in [9.17, 15) is 19.5 Å². The van der Waals surface area contributed by atoms with Crippen LogP contribution in [0.25, 0.3) is 22.0 Å². The third-order valence-electron chi connectivity index (χ3n) is 18.0. The Balaban J connectivity index is 0.705. The van der Waals surface area contributed by atoms with E-state index >= 15 is 17.6 Å². The average Bonchev–Trinajstić information content (AvgIpc) is 4.15. The minimum absolute atomic E-state index is 0.0522. The molecule has 2 atom stereocenters. The molecule has 77 heavy (non-hydrogen) atoms. The Morgan fingerprint density at radius 2 is 1.61 bits per heavy atom. The summed E-state index contributed by atoms with van der Waals surface area (Å²) in [6.07, 6.45) is 13.9. The molecule has 3 saturated carbocycles. The van der Waals surface area contributed by atoms with E-state index in [0.717, 1.165) is 96.2 Å². The number of aliphatic hydroxyl groups is 1. The SMILES string of the molecule is C[C@H]1c2c(cc(F)c(Cl)c2-c2c(C(N)=O)ccc(OCCO)c2F)O[C@]1(/C=C\NC12CCC(CN3CCC(CN4CCC(c5c(F)cc6c(N7CCC(=O)NC7=O)nn(C)c6c5F)CC4)CC3)(CC1)CC2)c1ccccc1. The van der Waals surface area contributed by atoms with Crippen molar-refractivity contribution in [2.45, 2.75) is 101 Å². The van der Waals surface area contributed by atoms with E-state index in [1.54, 1.807) is 7.05 Å². The number of carbonyl (C=O) groups excluding carboxylic acids is 3. The van der Waals surface area contributed by atoms with Crippen LogP contribution < -0.4 is 30.7 Å². The highest BCUT2D eigenvalue weighted by Crippen LogP contribution is 2.58. The van der Waals surface area contributed by atoms with Gasteiger partial charge in [-0.05, 0) is 144 Å². The lowest BCUT2D eigenvalue weighted by atomic mass is 9.57. The zero-order valence-corrected chi connectivity index (χ0v) is 44.2.